The summed E-state index contributed by atoms with van der Waals surface area (Å²) in [4.78, 5) is 78.0. The Labute approximate surface area is 274 Å². The molecule has 10 atom stereocenters. The molecule has 0 aliphatic carbocycles. The fraction of sp³-hybridized carbons (Fsp3) is 0.500. The number of carboxylic acid groups (broad SMARTS) is 1. The molecule has 7 heterocycles. The first-order valence-corrected chi connectivity index (χ1v) is 17.2. The second-order valence-corrected chi connectivity index (χ2v) is 14.0. The number of aromatic amines is 2. The molecule has 7 rings (SSSR count). The number of carboxylic acids is 1. The normalized spacial score (nSPS) is 35.0. The number of phosphoric acid groups is 2. The van der Waals surface area contributed by atoms with Gasteiger partial charge in [0.1, 0.15) is 48.9 Å². The minimum Gasteiger partial charge on any atom is -0.481 e. The Kier molecular flexibility index (Phi) is 8.40. The molecule has 0 bridgehead atoms. The molecule has 28 heteroatoms. The average molecular weight is 748 g/mol. The summed E-state index contributed by atoms with van der Waals surface area (Å²) in [6.45, 7) is -1.92. The second kappa shape index (κ2) is 12.3. The van der Waals surface area contributed by atoms with Gasteiger partial charge in [0.2, 0.25) is 11.9 Å². The van der Waals surface area contributed by atoms with Gasteiger partial charge in [-0.1, -0.05) is 0 Å². The van der Waals surface area contributed by atoms with E-state index in [2.05, 4.69) is 29.9 Å². The van der Waals surface area contributed by atoms with Gasteiger partial charge in [0.15, 0.2) is 34.8 Å². The Balaban J connectivity index is 1.20. The lowest BCUT2D eigenvalue weighted by Gasteiger charge is -2.27. The molecular formula is C22H26N10O16P2. The molecule has 3 aliphatic heterocycles. The number of hydrogen-bond donors (Lipinski definition) is 9. The zero-order valence-electron chi connectivity index (χ0n) is 24.8. The van der Waals surface area contributed by atoms with Gasteiger partial charge >= 0.3 is 21.6 Å². The molecular weight excluding hydrogens is 722 g/mol. The van der Waals surface area contributed by atoms with Crippen LogP contribution < -0.4 is 22.6 Å². The predicted molar refractivity (Wildman–Crippen MR) is 158 cm³/mol. The van der Waals surface area contributed by atoms with E-state index in [0.717, 1.165) is 15.5 Å². The van der Waals surface area contributed by atoms with E-state index in [0.29, 0.717) is 0 Å². The summed E-state index contributed by atoms with van der Waals surface area (Å²) in [5, 5.41) is 31.9. The first-order chi connectivity index (χ1) is 23.5. The third-order valence-electron chi connectivity index (χ3n) is 7.86. The number of nitrogens with one attached hydrogen (secondary N) is 2. The number of nitrogens with two attached hydrogens (primary N) is 2. The van der Waals surface area contributed by atoms with Crippen molar-refractivity contribution < 1.29 is 66.6 Å². The number of nitrogens with zero attached hydrogens (tertiary/aromatic N) is 6. The quantitative estimate of drug-likeness (QED) is 0.0917. The monoisotopic (exact) mass is 748 g/mol. The number of ether oxygens (including phenoxy) is 2. The van der Waals surface area contributed by atoms with E-state index in [1.807, 2.05) is 0 Å². The number of aliphatic hydroxyl groups is 2. The zero-order valence-corrected chi connectivity index (χ0v) is 26.6. The molecule has 0 saturated carbocycles. The average Bonchev–Trinajstić information content (AvgIpc) is 3.74. The van der Waals surface area contributed by atoms with Gasteiger partial charge in [-0.25, -0.2) is 19.1 Å². The molecule has 11 N–H and O–H groups in total. The highest BCUT2D eigenvalue weighted by Crippen LogP contribution is 2.53. The molecule has 0 radical (unpaired) electrons. The van der Waals surface area contributed by atoms with Gasteiger partial charge in [0.05, 0.1) is 19.5 Å². The predicted octanol–water partition coefficient (Wildman–Crippen LogP) is -3.42. The van der Waals surface area contributed by atoms with Gasteiger partial charge in [-0.3, -0.25) is 51.6 Å². The van der Waals surface area contributed by atoms with Crippen LogP contribution in [0.3, 0.4) is 0 Å². The van der Waals surface area contributed by atoms with Crippen LogP contribution in [-0.4, -0.2) is 120 Å². The summed E-state index contributed by atoms with van der Waals surface area (Å²) in [5.74, 6) is -2.49. The highest BCUT2D eigenvalue weighted by atomic mass is 31.2. The number of carbonyl (C=O) groups is 1. The van der Waals surface area contributed by atoms with E-state index in [9.17, 15) is 48.6 Å². The van der Waals surface area contributed by atoms with E-state index in [-0.39, 0.29) is 28.6 Å². The lowest BCUT2D eigenvalue weighted by molar-refractivity contribution is -0.136. The van der Waals surface area contributed by atoms with E-state index in [4.69, 9.17) is 39.0 Å². The van der Waals surface area contributed by atoms with Crippen molar-refractivity contribution in [2.75, 3.05) is 24.7 Å². The highest BCUT2D eigenvalue weighted by molar-refractivity contribution is 7.47. The Hall–Kier alpha value is -4.17. The molecule has 4 aromatic heterocycles. The first-order valence-electron chi connectivity index (χ1n) is 14.2. The van der Waals surface area contributed by atoms with Gasteiger partial charge in [-0.05, 0) is 0 Å². The third-order valence-corrected chi connectivity index (χ3v) is 9.83. The topological polar surface area (TPSA) is 387 Å². The molecule has 270 valence electrons. The van der Waals surface area contributed by atoms with Gasteiger partial charge in [-0.15, -0.1) is 0 Å². The van der Waals surface area contributed by atoms with Crippen molar-refractivity contribution in [2.45, 2.75) is 55.5 Å². The smallest absolute Gasteiger partial charge is 0.472 e. The van der Waals surface area contributed by atoms with Crippen molar-refractivity contribution in [1.82, 2.24) is 39.0 Å². The van der Waals surface area contributed by atoms with Crippen molar-refractivity contribution in [1.29, 1.82) is 0 Å². The Bertz CT molecular complexity index is 2220. The summed E-state index contributed by atoms with van der Waals surface area (Å²) in [6, 6.07) is 0. The van der Waals surface area contributed by atoms with Crippen molar-refractivity contribution in [2.24, 2.45) is 0 Å². The Morgan fingerprint density at radius 1 is 0.860 bits per heavy atom. The number of rotatable bonds is 4. The number of anilines is 2. The standard InChI is InChI=1S/C22H26N10O16P2/c23-21-27-15-9(17(37)29-21)25-4-31(15)19-11(35)13-5(45-19)2-43-50(41,42)48-14-6(3-44-49(39,40)47-13)46-20(12(14)36)32-7(1-8(33)34)26-10-16(32)28-22(24)30-18(10)38/h4-6,11-14,19-20,35-36H,1-3H2,(H,33,34)(H,39,40)(H,41,42)(H3,23,27,29,37)(H3,24,28,30,38)/t5-,6-,11+,12?,13?,14+,19-,20-/m1/s1. The SMILES string of the molecule is Nc1nc2c(ncn2[C@@H]2O[C@@H]3COP(=O)(O)O[C@@H]4C(O)[C@H](n5c(CC(=O)O)nc6c(=O)[nH]c(N)nc65)O[C@@H]4COP(=O)(O)OC3[C@@H]2O)c(=O)[nH]1. The molecule has 0 spiro atoms. The summed E-state index contributed by atoms with van der Waals surface area (Å²) in [5.41, 5.74) is 8.62. The molecule has 50 heavy (non-hydrogen) atoms. The number of aliphatic hydroxyl groups excluding tert-OH is 2. The van der Waals surface area contributed by atoms with Gasteiger partial charge in [0, 0.05) is 0 Å². The zero-order chi connectivity index (χ0) is 35.9. The van der Waals surface area contributed by atoms with Crippen LogP contribution in [0.2, 0.25) is 0 Å². The number of hydrogen-bond acceptors (Lipinski definition) is 19. The van der Waals surface area contributed by atoms with Crippen LogP contribution in [0.25, 0.3) is 22.3 Å². The van der Waals surface area contributed by atoms with Crippen molar-refractivity contribution >= 4 is 55.8 Å². The second-order valence-electron chi connectivity index (χ2n) is 11.1. The molecule has 26 nitrogen and oxygen atoms in total. The fourth-order valence-corrected chi connectivity index (χ4v) is 7.75. The van der Waals surface area contributed by atoms with Gasteiger partial charge < -0.3 is 46.0 Å². The van der Waals surface area contributed by atoms with Crippen LogP contribution >= 0.6 is 15.6 Å². The minimum absolute atomic E-state index is 0.152. The maximum atomic E-state index is 13.2. The lowest BCUT2D eigenvalue weighted by atomic mass is 10.1. The van der Waals surface area contributed by atoms with E-state index in [1.54, 1.807) is 0 Å². The van der Waals surface area contributed by atoms with E-state index in [1.165, 1.54) is 0 Å². The number of fused-ring (bicyclic) bond motifs is 4. The molecule has 0 amide bonds. The summed E-state index contributed by atoms with van der Waals surface area (Å²) in [7, 11) is -10.4. The van der Waals surface area contributed by atoms with Gasteiger partial charge in [-0.2, -0.15) is 9.97 Å². The summed E-state index contributed by atoms with van der Waals surface area (Å²) < 4.78 is 60.6. The number of aromatic nitrogens is 8. The largest absolute Gasteiger partial charge is 0.481 e. The van der Waals surface area contributed by atoms with Crippen LogP contribution in [0.1, 0.15) is 18.3 Å². The molecule has 3 aliphatic rings. The number of phosphoric ester groups is 2. The number of nitrogen functional groups attached to an aromatic ring is 2. The Morgan fingerprint density at radius 3 is 1.96 bits per heavy atom. The van der Waals surface area contributed by atoms with Crippen LogP contribution in [0, 0.1) is 0 Å². The molecule has 3 saturated heterocycles. The molecule has 3 fully saturated rings. The summed E-state index contributed by atoms with van der Waals surface area (Å²) in [6.07, 6.45) is -13.8. The van der Waals surface area contributed by atoms with Crippen molar-refractivity contribution in [3.05, 3.63) is 32.9 Å². The van der Waals surface area contributed by atoms with Crippen molar-refractivity contribution in [3.63, 3.8) is 0 Å². The summed E-state index contributed by atoms with van der Waals surface area (Å²) >= 11 is 0. The molecule has 4 unspecified atom stereocenters. The maximum Gasteiger partial charge on any atom is 0.472 e. The number of aliphatic carboxylic acids is 1. The maximum absolute atomic E-state index is 13.2. The van der Waals surface area contributed by atoms with Crippen LogP contribution in [0.5, 0.6) is 0 Å². The minimum atomic E-state index is -5.23. The van der Waals surface area contributed by atoms with E-state index >= 15 is 0 Å². The fourth-order valence-electron chi connectivity index (χ4n) is 5.82. The first kappa shape index (κ1) is 34.3. The number of H-pyrrole nitrogens is 2. The van der Waals surface area contributed by atoms with Gasteiger partial charge in [0.25, 0.3) is 11.1 Å². The van der Waals surface area contributed by atoms with Crippen molar-refractivity contribution in [3.8, 4) is 0 Å². The Morgan fingerprint density at radius 2 is 1.38 bits per heavy atom. The van der Waals surface area contributed by atoms with E-state index < -0.39 is 113 Å². The molecule has 4 aromatic rings. The van der Waals surface area contributed by atoms with Crippen LogP contribution in [-0.2, 0) is 47.9 Å². The molecule has 0 aromatic carbocycles. The van der Waals surface area contributed by atoms with Crippen LogP contribution in [0.4, 0.5) is 11.9 Å². The third kappa shape index (κ3) is 6.10. The highest BCUT2D eigenvalue weighted by Gasteiger charge is 2.54. The number of imidazole rings is 2. The lowest BCUT2D eigenvalue weighted by Crippen LogP contribution is -2.39. The van der Waals surface area contributed by atoms with Crippen LogP contribution in [0.15, 0.2) is 15.9 Å².